The lowest BCUT2D eigenvalue weighted by atomic mass is 10.1. The summed E-state index contributed by atoms with van der Waals surface area (Å²) in [5.74, 6) is 0.347. The van der Waals surface area contributed by atoms with Crippen LogP contribution >= 0.6 is 11.6 Å². The van der Waals surface area contributed by atoms with Crippen LogP contribution in [0.2, 0.25) is 5.02 Å². The first-order chi connectivity index (χ1) is 6.66. The smallest absolute Gasteiger partial charge is 0.221 e. The van der Waals surface area contributed by atoms with E-state index >= 15 is 0 Å². The Hall–Kier alpha value is -1.22. The molecular formula is C10H10ClNO2. The number of fused-ring (bicyclic) bond motifs is 1. The van der Waals surface area contributed by atoms with E-state index in [1.807, 2.05) is 12.1 Å². The summed E-state index contributed by atoms with van der Waals surface area (Å²) < 4.78 is 5.52. The number of para-hydroxylation sites is 1. The molecule has 0 radical (unpaired) electrons. The molecule has 1 atom stereocenters. The van der Waals surface area contributed by atoms with E-state index in [0.29, 0.717) is 17.2 Å². The number of primary amides is 1. The number of carbonyl (C=O) groups is 1. The molecule has 1 heterocycles. The van der Waals surface area contributed by atoms with Crippen LogP contribution in [0.5, 0.6) is 5.75 Å². The molecule has 14 heavy (non-hydrogen) atoms. The van der Waals surface area contributed by atoms with E-state index in [1.165, 1.54) is 0 Å². The molecule has 1 aliphatic rings. The maximum absolute atomic E-state index is 10.7. The largest absolute Gasteiger partial charge is 0.488 e. The molecule has 0 aliphatic carbocycles. The molecule has 1 unspecified atom stereocenters. The third-order valence-corrected chi connectivity index (χ3v) is 2.51. The first kappa shape index (κ1) is 9.34. The predicted octanol–water partition coefficient (Wildman–Crippen LogP) is 1.52. The van der Waals surface area contributed by atoms with Gasteiger partial charge in [-0.2, -0.15) is 0 Å². The van der Waals surface area contributed by atoms with Crippen molar-refractivity contribution in [3.05, 3.63) is 28.8 Å². The van der Waals surface area contributed by atoms with Crippen molar-refractivity contribution in [1.82, 2.24) is 0 Å². The van der Waals surface area contributed by atoms with Gasteiger partial charge in [0, 0.05) is 6.42 Å². The van der Waals surface area contributed by atoms with Crippen LogP contribution in [-0.4, -0.2) is 12.0 Å². The lowest BCUT2D eigenvalue weighted by Gasteiger charge is -2.07. The molecule has 1 aliphatic heterocycles. The molecule has 0 bridgehead atoms. The third-order valence-electron chi connectivity index (χ3n) is 2.21. The van der Waals surface area contributed by atoms with Crippen molar-refractivity contribution >= 4 is 17.5 Å². The topological polar surface area (TPSA) is 52.3 Å². The summed E-state index contributed by atoms with van der Waals surface area (Å²) in [4.78, 5) is 10.7. The highest BCUT2D eigenvalue weighted by Crippen LogP contribution is 2.36. The van der Waals surface area contributed by atoms with Crippen LogP contribution in [-0.2, 0) is 11.2 Å². The van der Waals surface area contributed by atoms with Crippen LogP contribution in [0.15, 0.2) is 18.2 Å². The van der Waals surface area contributed by atoms with Crippen LogP contribution in [0.1, 0.15) is 12.0 Å². The Kier molecular flexibility index (Phi) is 2.33. The van der Waals surface area contributed by atoms with Crippen LogP contribution in [0.25, 0.3) is 0 Å². The van der Waals surface area contributed by atoms with Gasteiger partial charge < -0.3 is 10.5 Å². The Balaban J connectivity index is 2.18. The Bertz CT molecular complexity index is 378. The molecule has 1 aromatic carbocycles. The molecule has 0 aromatic heterocycles. The molecule has 0 spiro atoms. The first-order valence-electron chi connectivity index (χ1n) is 4.39. The monoisotopic (exact) mass is 211 g/mol. The number of hydrogen-bond acceptors (Lipinski definition) is 2. The maximum Gasteiger partial charge on any atom is 0.221 e. The van der Waals surface area contributed by atoms with Gasteiger partial charge in [0.15, 0.2) is 0 Å². The van der Waals surface area contributed by atoms with Crippen LogP contribution in [0.3, 0.4) is 0 Å². The van der Waals surface area contributed by atoms with Gasteiger partial charge in [0.25, 0.3) is 0 Å². The number of halogens is 1. The lowest BCUT2D eigenvalue weighted by Crippen LogP contribution is -2.23. The van der Waals surface area contributed by atoms with Gasteiger partial charge in [-0.15, -0.1) is 0 Å². The van der Waals surface area contributed by atoms with Crippen molar-refractivity contribution in [2.75, 3.05) is 0 Å². The van der Waals surface area contributed by atoms with Crippen molar-refractivity contribution in [3.8, 4) is 5.75 Å². The summed E-state index contributed by atoms with van der Waals surface area (Å²) in [6.45, 7) is 0. The second-order valence-corrected chi connectivity index (χ2v) is 3.75. The Morgan fingerprint density at radius 3 is 3.07 bits per heavy atom. The minimum Gasteiger partial charge on any atom is -0.488 e. The fourth-order valence-corrected chi connectivity index (χ4v) is 1.88. The molecule has 74 valence electrons. The van der Waals surface area contributed by atoms with E-state index in [0.717, 1.165) is 5.56 Å². The van der Waals surface area contributed by atoms with Crippen molar-refractivity contribution in [1.29, 1.82) is 0 Å². The second-order valence-electron chi connectivity index (χ2n) is 3.34. The summed E-state index contributed by atoms with van der Waals surface area (Å²) in [5, 5.41) is 0.592. The summed E-state index contributed by atoms with van der Waals surface area (Å²) >= 11 is 5.93. The molecule has 2 rings (SSSR count). The zero-order valence-corrected chi connectivity index (χ0v) is 8.25. The number of carbonyl (C=O) groups excluding carboxylic acids is 1. The summed E-state index contributed by atoms with van der Waals surface area (Å²) in [6, 6.07) is 5.59. The molecule has 2 N–H and O–H groups in total. The number of ether oxygens (including phenoxy) is 1. The van der Waals surface area contributed by atoms with Crippen LogP contribution in [0.4, 0.5) is 0 Å². The molecule has 1 amide bonds. The van der Waals surface area contributed by atoms with Crippen molar-refractivity contribution in [2.45, 2.75) is 18.9 Å². The van der Waals surface area contributed by atoms with E-state index in [-0.39, 0.29) is 18.4 Å². The Labute approximate surface area is 86.8 Å². The maximum atomic E-state index is 10.7. The van der Waals surface area contributed by atoms with Crippen molar-refractivity contribution < 1.29 is 9.53 Å². The predicted molar refractivity (Wildman–Crippen MR) is 53.4 cm³/mol. The minimum absolute atomic E-state index is 0.151. The van der Waals surface area contributed by atoms with Crippen LogP contribution < -0.4 is 10.5 Å². The molecular weight excluding hydrogens is 202 g/mol. The second kappa shape index (κ2) is 3.50. The normalized spacial score (nSPS) is 18.8. The minimum atomic E-state index is -0.348. The average Bonchev–Trinajstić information content (AvgIpc) is 2.47. The third kappa shape index (κ3) is 1.68. The molecule has 1 aromatic rings. The number of benzene rings is 1. The van der Waals surface area contributed by atoms with Gasteiger partial charge in [-0.3, -0.25) is 4.79 Å². The van der Waals surface area contributed by atoms with Gasteiger partial charge in [-0.05, 0) is 11.6 Å². The SMILES string of the molecule is NC(=O)CC1Cc2cccc(Cl)c2O1. The highest BCUT2D eigenvalue weighted by molar-refractivity contribution is 6.32. The summed E-state index contributed by atoms with van der Waals surface area (Å²) in [5.41, 5.74) is 6.14. The number of hydrogen-bond donors (Lipinski definition) is 1. The molecule has 0 saturated heterocycles. The zero-order valence-electron chi connectivity index (χ0n) is 7.50. The average molecular weight is 212 g/mol. The van der Waals surface area contributed by atoms with Crippen molar-refractivity contribution in [3.63, 3.8) is 0 Å². The molecule has 3 nitrogen and oxygen atoms in total. The number of rotatable bonds is 2. The van der Waals surface area contributed by atoms with Gasteiger partial charge in [-0.25, -0.2) is 0 Å². The van der Waals surface area contributed by atoms with E-state index in [1.54, 1.807) is 6.07 Å². The molecule has 0 saturated carbocycles. The highest BCUT2D eigenvalue weighted by Gasteiger charge is 2.25. The van der Waals surface area contributed by atoms with E-state index in [2.05, 4.69) is 0 Å². The Morgan fingerprint density at radius 1 is 1.64 bits per heavy atom. The van der Waals surface area contributed by atoms with Gasteiger partial charge >= 0.3 is 0 Å². The van der Waals surface area contributed by atoms with E-state index < -0.39 is 0 Å². The van der Waals surface area contributed by atoms with Gasteiger partial charge in [0.05, 0.1) is 11.4 Å². The van der Waals surface area contributed by atoms with E-state index in [4.69, 9.17) is 22.1 Å². The van der Waals surface area contributed by atoms with Crippen molar-refractivity contribution in [2.24, 2.45) is 5.73 Å². The first-order valence-corrected chi connectivity index (χ1v) is 4.77. The zero-order chi connectivity index (χ0) is 10.1. The van der Waals surface area contributed by atoms with Gasteiger partial charge in [0.1, 0.15) is 11.9 Å². The van der Waals surface area contributed by atoms with E-state index in [9.17, 15) is 4.79 Å². The van der Waals surface area contributed by atoms with Crippen LogP contribution in [0, 0.1) is 0 Å². The fraction of sp³-hybridized carbons (Fsp3) is 0.300. The van der Waals surface area contributed by atoms with Gasteiger partial charge in [0.2, 0.25) is 5.91 Å². The summed E-state index contributed by atoms with van der Waals surface area (Å²) in [6.07, 6.45) is 0.798. The quantitative estimate of drug-likeness (QED) is 0.807. The lowest BCUT2D eigenvalue weighted by molar-refractivity contribution is -0.119. The highest BCUT2D eigenvalue weighted by atomic mass is 35.5. The Morgan fingerprint density at radius 2 is 2.43 bits per heavy atom. The molecule has 4 heteroatoms. The fourth-order valence-electron chi connectivity index (χ4n) is 1.64. The number of nitrogens with two attached hydrogens (primary N) is 1. The molecule has 0 fully saturated rings. The standard InChI is InChI=1S/C10H10ClNO2/c11-8-3-1-2-6-4-7(5-9(12)13)14-10(6)8/h1-3,7H,4-5H2,(H2,12,13). The summed E-state index contributed by atoms with van der Waals surface area (Å²) in [7, 11) is 0. The van der Waals surface area contributed by atoms with Gasteiger partial charge in [-0.1, -0.05) is 23.7 Å². The number of amides is 1.